The van der Waals surface area contributed by atoms with Crippen LogP contribution in [0.4, 0.5) is 0 Å². The highest BCUT2D eigenvalue weighted by atomic mass is 32.3. The van der Waals surface area contributed by atoms with E-state index in [1.165, 1.54) is 6.08 Å². The van der Waals surface area contributed by atoms with Crippen LogP contribution >= 0.6 is 0 Å². The summed E-state index contributed by atoms with van der Waals surface area (Å²) in [5.74, 6) is 0. The first-order chi connectivity index (χ1) is 6.69. The van der Waals surface area contributed by atoms with E-state index in [1.807, 2.05) is 6.92 Å². The highest BCUT2D eigenvalue weighted by molar-refractivity contribution is 7.81. The lowest BCUT2D eigenvalue weighted by Crippen LogP contribution is -1.96. The highest BCUT2D eigenvalue weighted by Gasteiger charge is 1.97. The molecular formula is C10H16O4S. The monoisotopic (exact) mass is 232 g/mol. The first kappa shape index (κ1) is 16.1. The van der Waals surface area contributed by atoms with E-state index in [9.17, 15) is 8.42 Å². The maximum atomic E-state index is 9.87. The van der Waals surface area contributed by atoms with E-state index in [0.717, 1.165) is 11.8 Å². The van der Waals surface area contributed by atoms with Gasteiger partial charge in [-0.1, -0.05) is 37.0 Å². The molecule has 0 aliphatic heterocycles. The molecule has 0 atom stereocenters. The predicted octanol–water partition coefficient (Wildman–Crippen LogP) is 2.64. The average molecular weight is 232 g/mol. The Balaban J connectivity index is 0. The average Bonchev–Trinajstić information content (AvgIpc) is 2.02. The molecule has 0 aliphatic carbocycles. The fourth-order valence-electron chi connectivity index (χ4n) is 0.214. The first-order valence-electron chi connectivity index (χ1n) is 3.94. The van der Waals surface area contributed by atoms with Gasteiger partial charge < -0.3 is 4.18 Å². The Kier molecular flexibility index (Phi) is 8.61. The summed E-state index contributed by atoms with van der Waals surface area (Å²) in [4.78, 5) is 0. The molecule has 0 saturated heterocycles. The van der Waals surface area contributed by atoms with Crippen molar-refractivity contribution in [3.05, 3.63) is 49.3 Å². The van der Waals surface area contributed by atoms with Gasteiger partial charge in [0.05, 0.1) is 0 Å². The van der Waals surface area contributed by atoms with Crippen molar-refractivity contribution in [3.63, 3.8) is 0 Å². The molecule has 0 spiro atoms. The third kappa shape index (κ3) is 24.5. The smallest absolute Gasteiger partial charge is 0.370 e. The Bertz CT molecular complexity index is 350. The van der Waals surface area contributed by atoms with Gasteiger partial charge in [0.15, 0.2) is 0 Å². The van der Waals surface area contributed by atoms with Gasteiger partial charge in [0, 0.05) is 0 Å². The molecule has 0 bridgehead atoms. The molecule has 4 nitrogen and oxygen atoms in total. The zero-order valence-electron chi connectivity index (χ0n) is 8.93. The predicted molar refractivity (Wildman–Crippen MR) is 61.6 cm³/mol. The normalized spacial score (nSPS) is 10.1. The largest absolute Gasteiger partial charge is 0.445 e. The van der Waals surface area contributed by atoms with Crippen LogP contribution in [0.15, 0.2) is 49.3 Å². The molecule has 0 aromatic rings. The maximum absolute atomic E-state index is 9.87. The van der Waals surface area contributed by atoms with Gasteiger partial charge >= 0.3 is 10.4 Å². The van der Waals surface area contributed by atoms with Gasteiger partial charge in [-0.3, -0.25) is 4.55 Å². The van der Waals surface area contributed by atoms with Crippen molar-refractivity contribution in [1.82, 2.24) is 0 Å². The molecule has 0 saturated carbocycles. The summed E-state index contributed by atoms with van der Waals surface area (Å²) in [5.41, 5.74) is 1.65. The number of hydrogen-bond acceptors (Lipinski definition) is 3. The van der Waals surface area contributed by atoms with E-state index in [-0.39, 0.29) is 0 Å². The van der Waals surface area contributed by atoms with Gasteiger partial charge in [-0.2, -0.15) is 8.42 Å². The van der Waals surface area contributed by atoms with Crippen LogP contribution in [0.5, 0.6) is 0 Å². The minimum Gasteiger partial charge on any atom is -0.370 e. The van der Waals surface area contributed by atoms with E-state index in [4.69, 9.17) is 4.55 Å². The summed E-state index contributed by atoms with van der Waals surface area (Å²) in [6.07, 6.45) is 3.88. The number of hydrogen-bond donors (Lipinski definition) is 1. The molecule has 0 heterocycles. The summed E-state index contributed by atoms with van der Waals surface area (Å²) in [6.45, 7) is 14.0. The topological polar surface area (TPSA) is 63.6 Å². The van der Waals surface area contributed by atoms with Crippen LogP contribution in [-0.4, -0.2) is 13.0 Å². The molecular weight excluding hydrogens is 216 g/mol. The molecule has 15 heavy (non-hydrogen) atoms. The molecule has 0 unspecified atom stereocenters. The van der Waals surface area contributed by atoms with Crippen molar-refractivity contribution < 1.29 is 17.2 Å². The van der Waals surface area contributed by atoms with Crippen LogP contribution in [0.1, 0.15) is 13.8 Å². The molecule has 1 N–H and O–H groups in total. The van der Waals surface area contributed by atoms with Crippen molar-refractivity contribution >= 4 is 10.4 Å². The molecule has 0 aromatic heterocycles. The van der Waals surface area contributed by atoms with E-state index in [0.29, 0.717) is 5.57 Å². The summed E-state index contributed by atoms with van der Waals surface area (Å²) in [7, 11) is -4.35. The van der Waals surface area contributed by atoms with Crippen molar-refractivity contribution in [2.75, 3.05) is 0 Å². The Morgan fingerprint density at radius 1 is 1.27 bits per heavy atom. The molecule has 86 valence electrons. The second-order valence-electron chi connectivity index (χ2n) is 2.72. The fourth-order valence-corrected chi connectivity index (χ4v) is 0.410. The number of rotatable bonds is 4. The maximum Gasteiger partial charge on any atom is 0.445 e. The Labute approximate surface area is 91.2 Å². The Hall–Kier alpha value is -1.33. The fraction of sp³-hybridized carbons (Fsp3) is 0.200. The van der Waals surface area contributed by atoms with Gasteiger partial charge in [-0.15, -0.1) is 0 Å². The lowest BCUT2D eigenvalue weighted by Gasteiger charge is -1.90. The van der Waals surface area contributed by atoms with Crippen molar-refractivity contribution in [2.24, 2.45) is 0 Å². The van der Waals surface area contributed by atoms with Gasteiger partial charge in [0.25, 0.3) is 0 Å². The second-order valence-corrected chi connectivity index (χ2v) is 3.77. The Morgan fingerprint density at radius 2 is 1.67 bits per heavy atom. The third-order valence-electron chi connectivity index (χ3n) is 0.878. The third-order valence-corrected chi connectivity index (χ3v) is 1.23. The van der Waals surface area contributed by atoms with E-state index < -0.39 is 10.4 Å². The van der Waals surface area contributed by atoms with E-state index in [1.54, 1.807) is 13.0 Å². The SMILES string of the molecule is C=C(C)C=COS(=O)(=O)O.C=CC(=C)C. The standard InChI is InChI=1S/C5H8O4S.C5H8/c1-5(2)3-4-9-10(6,7)8;1-4-5(2)3/h3-4H,1H2,2H3,(H,6,7,8);4H,1-2H2,3H3. The van der Waals surface area contributed by atoms with Crippen LogP contribution in [0.3, 0.4) is 0 Å². The molecule has 5 heteroatoms. The van der Waals surface area contributed by atoms with Crippen LogP contribution in [-0.2, 0) is 14.6 Å². The molecule has 0 rings (SSSR count). The zero-order valence-corrected chi connectivity index (χ0v) is 9.75. The van der Waals surface area contributed by atoms with Gasteiger partial charge in [-0.25, -0.2) is 0 Å². The van der Waals surface area contributed by atoms with Crippen LogP contribution < -0.4 is 0 Å². The molecule has 0 radical (unpaired) electrons. The quantitative estimate of drug-likeness (QED) is 0.460. The zero-order chi connectivity index (χ0) is 12.5. The molecule has 0 fully saturated rings. The lowest BCUT2D eigenvalue weighted by atomic mass is 10.4. The molecule has 0 aromatic carbocycles. The summed E-state index contributed by atoms with van der Waals surface area (Å²) >= 11 is 0. The molecule has 0 amide bonds. The molecule has 0 aliphatic rings. The number of allylic oxidation sites excluding steroid dienone is 4. The summed E-state index contributed by atoms with van der Waals surface area (Å²) in [5, 5.41) is 0. The Morgan fingerprint density at radius 3 is 1.87 bits per heavy atom. The van der Waals surface area contributed by atoms with Gasteiger partial charge in [-0.05, 0) is 19.9 Å². The summed E-state index contributed by atoms with van der Waals surface area (Å²) in [6, 6.07) is 0. The van der Waals surface area contributed by atoms with Crippen LogP contribution in [0.25, 0.3) is 0 Å². The minimum atomic E-state index is -4.35. The summed E-state index contributed by atoms with van der Waals surface area (Å²) < 4.78 is 31.6. The highest BCUT2D eigenvalue weighted by Crippen LogP contribution is 1.92. The van der Waals surface area contributed by atoms with Gasteiger partial charge in [0.2, 0.25) is 0 Å². The van der Waals surface area contributed by atoms with Crippen LogP contribution in [0.2, 0.25) is 0 Å². The minimum absolute atomic E-state index is 0.628. The first-order valence-corrected chi connectivity index (χ1v) is 5.31. The van der Waals surface area contributed by atoms with Crippen LogP contribution in [0, 0.1) is 0 Å². The van der Waals surface area contributed by atoms with Crippen molar-refractivity contribution in [2.45, 2.75) is 13.8 Å². The van der Waals surface area contributed by atoms with E-state index in [2.05, 4.69) is 23.9 Å². The lowest BCUT2D eigenvalue weighted by molar-refractivity contribution is 0.356. The van der Waals surface area contributed by atoms with E-state index >= 15 is 0 Å². The van der Waals surface area contributed by atoms with Gasteiger partial charge in [0.1, 0.15) is 6.26 Å². The van der Waals surface area contributed by atoms with Crippen molar-refractivity contribution in [1.29, 1.82) is 0 Å². The van der Waals surface area contributed by atoms with Crippen molar-refractivity contribution in [3.8, 4) is 0 Å². The second kappa shape index (κ2) is 8.02.